The lowest BCUT2D eigenvalue weighted by Crippen LogP contribution is -2.27. The van der Waals surface area contributed by atoms with Gasteiger partial charge in [-0.15, -0.1) is 0 Å². The van der Waals surface area contributed by atoms with Gasteiger partial charge in [-0.05, 0) is 37.1 Å². The van der Waals surface area contributed by atoms with E-state index in [4.69, 9.17) is 9.72 Å². The first-order chi connectivity index (χ1) is 9.20. The van der Waals surface area contributed by atoms with Crippen LogP contribution >= 0.6 is 0 Å². The second-order valence-corrected chi connectivity index (χ2v) is 5.40. The van der Waals surface area contributed by atoms with Crippen LogP contribution in [-0.4, -0.2) is 38.3 Å². The number of nitrogens with one attached hydrogen (secondary N) is 1. The quantitative estimate of drug-likeness (QED) is 0.903. The molecule has 0 aliphatic carbocycles. The summed E-state index contributed by atoms with van der Waals surface area (Å²) >= 11 is 0. The molecule has 0 amide bonds. The summed E-state index contributed by atoms with van der Waals surface area (Å²) < 4.78 is 5.52. The lowest BCUT2D eigenvalue weighted by atomic mass is 10.1. The molecule has 4 heteroatoms. The van der Waals surface area contributed by atoms with E-state index in [0.717, 1.165) is 45.1 Å². The van der Waals surface area contributed by atoms with Crippen molar-refractivity contribution in [2.24, 2.45) is 0 Å². The minimum absolute atomic E-state index is 0.457. The molecule has 0 aromatic carbocycles. The van der Waals surface area contributed by atoms with Crippen molar-refractivity contribution in [3.05, 3.63) is 23.4 Å². The molecule has 0 saturated carbocycles. The van der Waals surface area contributed by atoms with Crippen LogP contribution in [-0.2, 0) is 11.3 Å². The summed E-state index contributed by atoms with van der Waals surface area (Å²) in [5.74, 6) is 1.56. The molecule has 0 unspecified atom stereocenters. The highest BCUT2D eigenvalue weighted by Gasteiger charge is 2.14. The molecule has 2 heterocycles. The highest BCUT2D eigenvalue weighted by Crippen LogP contribution is 2.21. The Hall–Kier alpha value is -1.13. The molecule has 0 spiro atoms. The molecule has 0 radical (unpaired) electrons. The Bertz CT molecular complexity index is 398. The Balaban J connectivity index is 2.26. The van der Waals surface area contributed by atoms with Gasteiger partial charge in [0, 0.05) is 31.9 Å². The molecule has 4 nitrogen and oxygen atoms in total. The summed E-state index contributed by atoms with van der Waals surface area (Å²) in [4.78, 5) is 7.17. The number of hydrogen-bond acceptors (Lipinski definition) is 4. The number of pyridine rings is 1. The molecule has 106 valence electrons. The van der Waals surface area contributed by atoms with Crippen LogP contribution in [0.4, 0.5) is 5.82 Å². The molecular formula is C15H25N3O. The maximum atomic E-state index is 5.52. The lowest BCUT2D eigenvalue weighted by molar-refractivity contribution is 0.152. The van der Waals surface area contributed by atoms with Gasteiger partial charge in [-0.1, -0.05) is 13.8 Å². The van der Waals surface area contributed by atoms with Gasteiger partial charge in [-0.2, -0.15) is 0 Å². The van der Waals surface area contributed by atoms with E-state index in [2.05, 4.69) is 36.2 Å². The molecule has 1 N–H and O–H groups in total. The minimum Gasteiger partial charge on any atom is -0.380 e. The van der Waals surface area contributed by atoms with Crippen molar-refractivity contribution in [1.29, 1.82) is 0 Å². The number of hydrogen-bond donors (Lipinski definition) is 1. The fraction of sp³-hybridized carbons (Fsp3) is 0.667. The van der Waals surface area contributed by atoms with Crippen LogP contribution < -0.4 is 10.2 Å². The molecular weight excluding hydrogens is 238 g/mol. The van der Waals surface area contributed by atoms with Crippen LogP contribution in [0.25, 0.3) is 0 Å². The first-order valence-electron chi connectivity index (χ1n) is 7.19. The summed E-state index contributed by atoms with van der Waals surface area (Å²) in [5, 5.41) is 3.22. The van der Waals surface area contributed by atoms with Gasteiger partial charge in [0.1, 0.15) is 5.82 Å². The van der Waals surface area contributed by atoms with E-state index in [0.29, 0.717) is 5.92 Å². The first kappa shape index (κ1) is 14.3. The minimum atomic E-state index is 0.457. The van der Waals surface area contributed by atoms with Crippen LogP contribution in [0.15, 0.2) is 12.1 Å². The monoisotopic (exact) mass is 263 g/mol. The predicted molar refractivity (Wildman–Crippen MR) is 78.7 cm³/mol. The molecule has 19 heavy (non-hydrogen) atoms. The van der Waals surface area contributed by atoms with Gasteiger partial charge in [-0.3, -0.25) is 0 Å². The van der Waals surface area contributed by atoms with Crippen LogP contribution in [0.3, 0.4) is 0 Å². The summed E-state index contributed by atoms with van der Waals surface area (Å²) in [5.41, 5.74) is 2.48. The van der Waals surface area contributed by atoms with E-state index in [9.17, 15) is 0 Å². The van der Waals surface area contributed by atoms with Crippen LogP contribution in [0.2, 0.25) is 0 Å². The van der Waals surface area contributed by atoms with Gasteiger partial charge in [-0.25, -0.2) is 4.98 Å². The van der Waals surface area contributed by atoms with E-state index in [1.807, 2.05) is 7.05 Å². The van der Waals surface area contributed by atoms with E-state index >= 15 is 0 Å². The molecule has 1 aromatic rings. The smallest absolute Gasteiger partial charge is 0.129 e. The number of rotatable bonds is 4. The summed E-state index contributed by atoms with van der Waals surface area (Å²) in [6.07, 6.45) is 1.08. The number of anilines is 1. The zero-order valence-corrected chi connectivity index (χ0v) is 12.3. The molecule has 2 rings (SSSR count). The molecule has 0 bridgehead atoms. The van der Waals surface area contributed by atoms with Crippen molar-refractivity contribution in [3.63, 3.8) is 0 Å². The Morgan fingerprint density at radius 1 is 1.32 bits per heavy atom. The van der Waals surface area contributed by atoms with E-state index in [-0.39, 0.29) is 0 Å². The maximum Gasteiger partial charge on any atom is 0.129 e. The summed E-state index contributed by atoms with van der Waals surface area (Å²) in [6.45, 7) is 8.92. The van der Waals surface area contributed by atoms with Gasteiger partial charge < -0.3 is 15.0 Å². The largest absolute Gasteiger partial charge is 0.380 e. The normalized spacial score (nSPS) is 16.7. The summed E-state index contributed by atoms with van der Waals surface area (Å²) in [7, 11) is 1.98. The molecule has 1 aliphatic heterocycles. The van der Waals surface area contributed by atoms with Crippen molar-refractivity contribution in [3.8, 4) is 0 Å². The standard InChI is InChI=1S/C15H25N3O/c1-12(2)14-9-13(11-16-3)10-15(17-14)18-5-4-7-19-8-6-18/h9-10,12,16H,4-8,11H2,1-3H3. The molecule has 1 aromatic heterocycles. The van der Waals surface area contributed by atoms with Crippen molar-refractivity contribution in [2.45, 2.75) is 32.7 Å². The van der Waals surface area contributed by atoms with E-state index < -0.39 is 0 Å². The van der Waals surface area contributed by atoms with Gasteiger partial charge in [0.25, 0.3) is 0 Å². The Labute approximate surface area is 116 Å². The van der Waals surface area contributed by atoms with Crippen LogP contribution in [0, 0.1) is 0 Å². The molecule has 1 saturated heterocycles. The predicted octanol–water partition coefficient (Wildman–Crippen LogP) is 2.15. The van der Waals surface area contributed by atoms with Crippen molar-refractivity contribution < 1.29 is 4.74 Å². The van der Waals surface area contributed by atoms with Gasteiger partial charge in [0.2, 0.25) is 0 Å². The zero-order valence-electron chi connectivity index (χ0n) is 12.3. The highest BCUT2D eigenvalue weighted by atomic mass is 16.5. The molecule has 0 atom stereocenters. The second kappa shape index (κ2) is 6.87. The van der Waals surface area contributed by atoms with Gasteiger partial charge >= 0.3 is 0 Å². The zero-order chi connectivity index (χ0) is 13.7. The Morgan fingerprint density at radius 3 is 2.89 bits per heavy atom. The topological polar surface area (TPSA) is 37.4 Å². The third-order valence-corrected chi connectivity index (χ3v) is 3.41. The van der Waals surface area contributed by atoms with Crippen molar-refractivity contribution in [1.82, 2.24) is 10.3 Å². The average Bonchev–Trinajstić information content (AvgIpc) is 2.67. The Kier molecular flexibility index (Phi) is 5.16. The van der Waals surface area contributed by atoms with Crippen molar-refractivity contribution in [2.75, 3.05) is 38.3 Å². The van der Waals surface area contributed by atoms with E-state index in [1.54, 1.807) is 0 Å². The van der Waals surface area contributed by atoms with Gasteiger partial charge in [0.15, 0.2) is 0 Å². The van der Waals surface area contributed by atoms with E-state index in [1.165, 1.54) is 11.3 Å². The molecule has 1 aliphatic rings. The van der Waals surface area contributed by atoms with Gasteiger partial charge in [0.05, 0.1) is 6.61 Å². The van der Waals surface area contributed by atoms with Crippen LogP contribution in [0.5, 0.6) is 0 Å². The number of aromatic nitrogens is 1. The fourth-order valence-electron chi connectivity index (χ4n) is 2.33. The Morgan fingerprint density at radius 2 is 2.16 bits per heavy atom. The third kappa shape index (κ3) is 3.91. The number of ether oxygens (including phenoxy) is 1. The first-order valence-corrected chi connectivity index (χ1v) is 7.19. The SMILES string of the molecule is CNCc1cc(C(C)C)nc(N2CCCOCC2)c1. The summed E-state index contributed by atoms with van der Waals surface area (Å²) in [6, 6.07) is 4.41. The second-order valence-electron chi connectivity index (χ2n) is 5.40. The molecule has 1 fully saturated rings. The average molecular weight is 263 g/mol. The highest BCUT2D eigenvalue weighted by molar-refractivity contribution is 5.43. The maximum absolute atomic E-state index is 5.52. The van der Waals surface area contributed by atoms with Crippen LogP contribution in [0.1, 0.15) is 37.4 Å². The third-order valence-electron chi connectivity index (χ3n) is 3.41. The number of nitrogens with zero attached hydrogens (tertiary/aromatic N) is 2. The lowest BCUT2D eigenvalue weighted by Gasteiger charge is -2.23. The van der Waals surface area contributed by atoms with Crippen molar-refractivity contribution >= 4 is 5.82 Å². The fourth-order valence-corrected chi connectivity index (χ4v) is 2.33.